The molecule has 0 bridgehead atoms. The molecule has 6 nitrogen and oxygen atoms in total. The van der Waals surface area contributed by atoms with Crippen molar-refractivity contribution in [2.45, 2.75) is 12.2 Å². The van der Waals surface area contributed by atoms with Crippen molar-refractivity contribution in [1.82, 2.24) is 0 Å². The molecule has 0 saturated carbocycles. The average Bonchev–Trinajstić information content (AvgIpc) is 2.61. The number of nitrogens with zero attached hydrogens (tertiary/aromatic N) is 1. The van der Waals surface area contributed by atoms with Crippen molar-refractivity contribution in [3.05, 3.63) is 62.1 Å². The Labute approximate surface area is 165 Å². The van der Waals surface area contributed by atoms with Gasteiger partial charge in [0, 0.05) is 30.1 Å². The lowest BCUT2D eigenvalue weighted by molar-refractivity contribution is -0.384. The second-order valence-corrected chi connectivity index (χ2v) is 7.16. The highest BCUT2D eigenvalue weighted by atomic mass is 35.5. The first-order chi connectivity index (χ1) is 12.4. The smallest absolute Gasteiger partial charge is 0.271 e. The Morgan fingerprint density at radius 3 is 2.65 bits per heavy atom. The molecule has 0 radical (unpaired) electrons. The summed E-state index contributed by atoms with van der Waals surface area (Å²) < 4.78 is 5.12. The molecule has 1 amide bonds. The van der Waals surface area contributed by atoms with E-state index in [1.807, 2.05) is 6.07 Å². The number of anilines is 1. The van der Waals surface area contributed by atoms with Crippen LogP contribution in [0.15, 0.2) is 36.4 Å². The van der Waals surface area contributed by atoms with E-state index >= 15 is 0 Å². The van der Waals surface area contributed by atoms with Crippen molar-refractivity contribution in [3.8, 4) is 5.75 Å². The Balaban J connectivity index is 1.86. The van der Waals surface area contributed by atoms with Crippen LogP contribution in [-0.2, 0) is 10.5 Å². The zero-order chi connectivity index (χ0) is 19.1. The van der Waals surface area contributed by atoms with Gasteiger partial charge in [-0.05, 0) is 23.8 Å². The first-order valence-electron chi connectivity index (χ1n) is 7.54. The molecule has 1 N–H and O–H groups in total. The zero-order valence-electron chi connectivity index (χ0n) is 13.8. The maximum Gasteiger partial charge on any atom is 0.271 e. The third kappa shape index (κ3) is 5.79. The Bertz CT molecular complexity index is 817. The van der Waals surface area contributed by atoms with Crippen molar-refractivity contribution in [2.75, 3.05) is 18.2 Å². The van der Waals surface area contributed by atoms with E-state index in [-0.39, 0.29) is 23.7 Å². The van der Waals surface area contributed by atoms with Crippen LogP contribution in [0.2, 0.25) is 10.0 Å². The highest BCUT2D eigenvalue weighted by Gasteiger charge is 2.13. The molecule has 26 heavy (non-hydrogen) atoms. The summed E-state index contributed by atoms with van der Waals surface area (Å²) in [6.45, 7) is 0. The number of carbonyl (C=O) groups excluding carboxylic acids is 1. The molecule has 138 valence electrons. The third-order valence-corrected chi connectivity index (χ3v) is 5.16. The van der Waals surface area contributed by atoms with Gasteiger partial charge in [-0.2, -0.15) is 11.8 Å². The van der Waals surface area contributed by atoms with Crippen LogP contribution in [0.5, 0.6) is 5.75 Å². The summed E-state index contributed by atoms with van der Waals surface area (Å²) in [5, 5.41) is 14.5. The van der Waals surface area contributed by atoms with E-state index in [9.17, 15) is 14.9 Å². The summed E-state index contributed by atoms with van der Waals surface area (Å²) in [5.41, 5.74) is 1.18. The number of non-ortho nitro benzene ring substituents is 1. The summed E-state index contributed by atoms with van der Waals surface area (Å²) in [4.78, 5) is 22.4. The number of methoxy groups -OCH3 is 1. The largest absolute Gasteiger partial charge is 0.495 e. The lowest BCUT2D eigenvalue weighted by Crippen LogP contribution is -2.13. The molecule has 9 heteroatoms. The van der Waals surface area contributed by atoms with Crippen LogP contribution in [0.3, 0.4) is 0 Å². The molecule has 0 saturated heterocycles. The second-order valence-electron chi connectivity index (χ2n) is 5.24. The minimum absolute atomic E-state index is 0.116. The van der Waals surface area contributed by atoms with E-state index < -0.39 is 4.92 Å². The topological polar surface area (TPSA) is 81.5 Å². The van der Waals surface area contributed by atoms with Crippen LogP contribution in [0.25, 0.3) is 0 Å². The molecule has 2 rings (SSSR count). The predicted octanol–water partition coefficient (Wildman–Crippen LogP) is 5.17. The number of carbonyl (C=O) groups is 1. The van der Waals surface area contributed by atoms with E-state index in [4.69, 9.17) is 27.9 Å². The standard InChI is InChI=1S/C17H16Cl2N2O4S/c1-25-16-5-3-12(21(23)24)9-15(16)20-17(22)6-7-26-10-11-2-4-13(18)14(19)8-11/h2-5,8-9H,6-7,10H2,1H3,(H,20,22). The average molecular weight is 415 g/mol. The van der Waals surface area contributed by atoms with E-state index in [1.165, 1.54) is 25.3 Å². The van der Waals surface area contributed by atoms with Crippen molar-refractivity contribution in [3.63, 3.8) is 0 Å². The Morgan fingerprint density at radius 1 is 1.23 bits per heavy atom. The van der Waals surface area contributed by atoms with Crippen LogP contribution >= 0.6 is 35.0 Å². The number of rotatable bonds is 8. The molecule has 0 aromatic heterocycles. The summed E-state index contributed by atoms with van der Waals surface area (Å²) >= 11 is 13.4. The van der Waals surface area contributed by atoms with E-state index in [0.717, 1.165) is 5.56 Å². The summed E-state index contributed by atoms with van der Waals surface area (Å²) in [6.07, 6.45) is 0.262. The van der Waals surface area contributed by atoms with Gasteiger partial charge in [0.2, 0.25) is 5.91 Å². The summed E-state index contributed by atoms with van der Waals surface area (Å²) in [6, 6.07) is 9.47. The molecule has 0 aliphatic heterocycles. The van der Waals surface area contributed by atoms with Gasteiger partial charge in [-0.3, -0.25) is 14.9 Å². The fourth-order valence-electron chi connectivity index (χ4n) is 2.10. The number of thioether (sulfide) groups is 1. The monoisotopic (exact) mass is 414 g/mol. The predicted molar refractivity (Wildman–Crippen MR) is 106 cm³/mol. The van der Waals surface area contributed by atoms with Crippen LogP contribution in [0.4, 0.5) is 11.4 Å². The molecule has 2 aromatic rings. The molecular weight excluding hydrogens is 399 g/mol. The van der Waals surface area contributed by atoms with Gasteiger partial charge in [0.15, 0.2) is 0 Å². The van der Waals surface area contributed by atoms with E-state index in [2.05, 4.69) is 5.32 Å². The molecule has 2 aromatic carbocycles. The first kappa shape index (κ1) is 20.4. The highest BCUT2D eigenvalue weighted by molar-refractivity contribution is 7.98. The van der Waals surface area contributed by atoms with Gasteiger partial charge >= 0.3 is 0 Å². The second kappa shape index (κ2) is 9.66. The summed E-state index contributed by atoms with van der Waals surface area (Å²) in [5.74, 6) is 1.41. The van der Waals surface area contributed by atoms with Crippen LogP contribution in [0.1, 0.15) is 12.0 Å². The number of amides is 1. The molecule has 0 atom stereocenters. The van der Waals surface area contributed by atoms with E-state index in [1.54, 1.807) is 23.9 Å². The number of hydrogen-bond donors (Lipinski definition) is 1. The molecule has 0 spiro atoms. The number of nitro groups is 1. The van der Waals surface area contributed by atoms with Crippen molar-refractivity contribution in [1.29, 1.82) is 0 Å². The Kier molecular flexibility index (Phi) is 7.56. The lowest BCUT2D eigenvalue weighted by Gasteiger charge is -2.10. The maximum absolute atomic E-state index is 12.1. The van der Waals surface area contributed by atoms with Crippen LogP contribution < -0.4 is 10.1 Å². The highest BCUT2D eigenvalue weighted by Crippen LogP contribution is 2.29. The third-order valence-electron chi connectivity index (χ3n) is 3.39. The normalized spacial score (nSPS) is 10.4. The van der Waals surface area contributed by atoms with Gasteiger partial charge in [0.25, 0.3) is 5.69 Å². The van der Waals surface area contributed by atoms with Gasteiger partial charge in [0.05, 0.1) is 27.8 Å². The van der Waals surface area contributed by atoms with Gasteiger partial charge in [-0.15, -0.1) is 0 Å². The fraction of sp³-hybridized carbons (Fsp3) is 0.235. The minimum Gasteiger partial charge on any atom is -0.495 e. The van der Waals surface area contributed by atoms with Crippen molar-refractivity contribution >= 4 is 52.2 Å². The van der Waals surface area contributed by atoms with Crippen LogP contribution in [0, 0.1) is 10.1 Å². The lowest BCUT2D eigenvalue weighted by atomic mass is 10.2. The van der Waals surface area contributed by atoms with Gasteiger partial charge < -0.3 is 10.1 Å². The molecule has 0 heterocycles. The Morgan fingerprint density at radius 2 is 2.00 bits per heavy atom. The zero-order valence-corrected chi connectivity index (χ0v) is 16.2. The van der Waals surface area contributed by atoms with Gasteiger partial charge in [-0.1, -0.05) is 29.3 Å². The first-order valence-corrected chi connectivity index (χ1v) is 9.45. The maximum atomic E-state index is 12.1. The number of ether oxygens (including phenoxy) is 1. The number of halogens is 2. The number of benzene rings is 2. The van der Waals surface area contributed by atoms with Gasteiger partial charge in [0.1, 0.15) is 5.75 Å². The molecular formula is C17H16Cl2N2O4S. The van der Waals surface area contributed by atoms with E-state index in [0.29, 0.717) is 27.3 Å². The Hall–Kier alpha value is -1.96. The molecule has 0 fully saturated rings. The van der Waals surface area contributed by atoms with Crippen molar-refractivity contribution < 1.29 is 14.5 Å². The van der Waals surface area contributed by atoms with Crippen molar-refractivity contribution in [2.24, 2.45) is 0 Å². The number of hydrogen-bond acceptors (Lipinski definition) is 5. The molecule has 0 aliphatic carbocycles. The quantitative estimate of drug-likeness (QED) is 0.365. The number of nitrogens with one attached hydrogen (secondary N) is 1. The SMILES string of the molecule is COc1ccc([N+](=O)[O-])cc1NC(=O)CCSCc1ccc(Cl)c(Cl)c1. The number of nitro benzene ring substituents is 1. The minimum atomic E-state index is -0.526. The van der Waals surface area contributed by atoms with Crippen LogP contribution in [-0.4, -0.2) is 23.7 Å². The van der Waals surface area contributed by atoms with Gasteiger partial charge in [-0.25, -0.2) is 0 Å². The fourth-order valence-corrected chi connectivity index (χ4v) is 3.31. The summed E-state index contributed by atoms with van der Waals surface area (Å²) in [7, 11) is 1.43. The molecule has 0 unspecified atom stereocenters. The molecule has 0 aliphatic rings.